The Balaban J connectivity index is 0.589. The number of nitrogens with one attached hydrogen (secondary N) is 5. The SMILES string of the molecule is Cc1cc([C@H](C(=O)N2C[C@H](O)C[C@H]2C(=O)N[C@@H](CC(=O)NCCOCCOCCOCCNC(=O)CN2CCN(C(=O)c3ccc(Nc4nc(C5CC5)cn5c(-c6cn[nH]c6)cnc45)c(F)c3)CC2)c2ccc(-c3scnc3C)cc2)C(C)C)on1. The van der Waals surface area contributed by atoms with E-state index in [2.05, 4.69) is 46.6 Å². The molecule has 10 rings (SSSR count). The molecule has 2 aliphatic heterocycles. The van der Waals surface area contributed by atoms with Crippen LogP contribution in [0.1, 0.15) is 96.2 Å². The second-order valence-electron chi connectivity index (χ2n) is 22.2. The monoisotopic (exact) mass is 1200 g/mol. The third-order valence-corrected chi connectivity index (χ3v) is 16.4. The number of aliphatic hydroxyl groups excluding tert-OH is 1. The fourth-order valence-corrected chi connectivity index (χ4v) is 11.6. The molecule has 4 atom stereocenters. The first-order chi connectivity index (χ1) is 41.7. The van der Waals surface area contributed by atoms with Crippen molar-refractivity contribution in [3.8, 4) is 21.7 Å². The number of fused-ring (bicyclic) bond motifs is 1. The van der Waals surface area contributed by atoms with Crippen LogP contribution in [0.4, 0.5) is 15.9 Å². The zero-order valence-corrected chi connectivity index (χ0v) is 49.4. The minimum atomic E-state index is -0.978. The normalized spacial score (nSPS) is 17.1. The van der Waals surface area contributed by atoms with Crippen LogP contribution >= 0.6 is 11.3 Å². The van der Waals surface area contributed by atoms with Crippen molar-refractivity contribution in [2.24, 2.45) is 5.92 Å². The molecule has 3 aliphatic rings. The number of aromatic nitrogens is 7. The summed E-state index contributed by atoms with van der Waals surface area (Å²) in [5, 5.41) is 33.5. The van der Waals surface area contributed by atoms with Gasteiger partial charge >= 0.3 is 0 Å². The zero-order valence-electron chi connectivity index (χ0n) is 48.6. The summed E-state index contributed by atoms with van der Waals surface area (Å²) in [5.41, 5.74) is 8.45. The number of benzene rings is 2. The summed E-state index contributed by atoms with van der Waals surface area (Å²) >= 11 is 1.52. The fourth-order valence-electron chi connectivity index (χ4n) is 10.7. The summed E-state index contributed by atoms with van der Waals surface area (Å²) in [5.74, 6) is -1.96. The average Bonchev–Trinajstić information content (AvgIpc) is 1.86. The lowest BCUT2D eigenvalue weighted by Gasteiger charge is -2.34. The Labute approximate surface area is 500 Å². The van der Waals surface area contributed by atoms with Crippen molar-refractivity contribution in [1.82, 2.24) is 65.4 Å². The number of hydrogen-bond acceptors (Lipinski definition) is 18. The lowest BCUT2D eigenvalue weighted by Crippen LogP contribution is -2.51. The molecule has 1 aliphatic carbocycles. The summed E-state index contributed by atoms with van der Waals surface area (Å²) in [4.78, 5) is 87.7. The van der Waals surface area contributed by atoms with E-state index in [0.717, 1.165) is 45.9 Å². The predicted molar refractivity (Wildman–Crippen MR) is 316 cm³/mol. The van der Waals surface area contributed by atoms with E-state index < -0.39 is 35.8 Å². The molecule has 2 saturated heterocycles. The van der Waals surface area contributed by atoms with Gasteiger partial charge in [-0.1, -0.05) is 43.3 Å². The topological polar surface area (TPSA) is 289 Å². The Hall–Kier alpha value is -8.01. The largest absolute Gasteiger partial charge is 0.391 e. The third-order valence-electron chi connectivity index (χ3n) is 15.5. The number of hydrogen-bond donors (Lipinski definition) is 6. The van der Waals surface area contributed by atoms with Crippen molar-refractivity contribution in [2.75, 3.05) is 97.3 Å². The van der Waals surface area contributed by atoms with E-state index in [4.69, 9.17) is 23.7 Å². The minimum absolute atomic E-state index is 0.0230. The number of aliphatic hydroxyl groups is 1. The van der Waals surface area contributed by atoms with E-state index in [1.807, 2.05) is 60.5 Å². The molecular formula is C60H73FN14O10S. The van der Waals surface area contributed by atoms with Gasteiger partial charge in [0, 0.05) is 87.7 Å². The first-order valence-electron chi connectivity index (χ1n) is 29.1. The predicted octanol–water partition coefficient (Wildman–Crippen LogP) is 5.30. The number of ether oxygens (including phenoxy) is 3. The van der Waals surface area contributed by atoms with Gasteiger partial charge in [-0.05, 0) is 61.9 Å². The molecule has 3 fully saturated rings. The zero-order chi connectivity index (χ0) is 60.3. The van der Waals surface area contributed by atoms with E-state index in [1.165, 1.54) is 22.3 Å². The maximum absolute atomic E-state index is 15.7. The highest BCUT2D eigenvalue weighted by molar-refractivity contribution is 7.13. The lowest BCUT2D eigenvalue weighted by atomic mass is 9.91. The number of thiazole rings is 1. The van der Waals surface area contributed by atoms with Crippen LogP contribution < -0.4 is 21.3 Å². The van der Waals surface area contributed by atoms with Gasteiger partial charge in [-0.2, -0.15) is 5.10 Å². The number of piperazine rings is 1. The maximum atomic E-state index is 15.7. The van der Waals surface area contributed by atoms with E-state index in [-0.39, 0.29) is 93.1 Å². The van der Waals surface area contributed by atoms with E-state index in [0.29, 0.717) is 86.9 Å². The lowest BCUT2D eigenvalue weighted by molar-refractivity contribution is -0.141. The van der Waals surface area contributed by atoms with Crippen LogP contribution in [0.25, 0.3) is 27.3 Å². The molecular weight excluding hydrogens is 1130 g/mol. The molecule has 6 N–H and O–H groups in total. The molecule has 86 heavy (non-hydrogen) atoms. The quantitative estimate of drug-likeness (QED) is 0.0339. The molecule has 1 saturated carbocycles. The summed E-state index contributed by atoms with van der Waals surface area (Å²) in [6.45, 7) is 11.6. The minimum Gasteiger partial charge on any atom is -0.391 e. The van der Waals surface area contributed by atoms with Gasteiger partial charge in [-0.15, -0.1) is 11.3 Å². The van der Waals surface area contributed by atoms with E-state index in [9.17, 15) is 29.1 Å². The first kappa shape index (κ1) is 61.1. The molecule has 0 unspecified atom stereocenters. The van der Waals surface area contributed by atoms with Gasteiger partial charge in [0.15, 0.2) is 11.5 Å². The summed E-state index contributed by atoms with van der Waals surface area (Å²) in [6, 6.07) is 11.9. The average molecular weight is 1200 g/mol. The van der Waals surface area contributed by atoms with E-state index >= 15 is 4.39 Å². The van der Waals surface area contributed by atoms with Gasteiger partial charge in [0.2, 0.25) is 23.6 Å². The van der Waals surface area contributed by atoms with Gasteiger partial charge in [-0.3, -0.25) is 38.4 Å². The molecule has 0 radical (unpaired) electrons. The smallest absolute Gasteiger partial charge is 0.254 e. The summed E-state index contributed by atoms with van der Waals surface area (Å²) in [7, 11) is 0. The van der Waals surface area contributed by atoms with Crippen LogP contribution in [0.15, 0.2) is 83.4 Å². The number of aromatic amines is 1. The Bertz CT molecular complexity index is 3450. The van der Waals surface area contributed by atoms with Crippen molar-refractivity contribution in [3.63, 3.8) is 0 Å². The van der Waals surface area contributed by atoms with Gasteiger partial charge in [-0.25, -0.2) is 19.3 Å². The van der Waals surface area contributed by atoms with Gasteiger partial charge in [0.1, 0.15) is 23.5 Å². The number of carbonyl (C=O) groups excluding carboxylic acids is 5. The van der Waals surface area contributed by atoms with Crippen LogP contribution in [0.5, 0.6) is 0 Å². The molecule has 7 aromatic rings. The molecule has 0 bridgehead atoms. The van der Waals surface area contributed by atoms with E-state index in [1.54, 1.807) is 54.1 Å². The van der Waals surface area contributed by atoms with Crippen LogP contribution in [0.2, 0.25) is 0 Å². The Morgan fingerprint density at radius 1 is 0.872 bits per heavy atom. The maximum Gasteiger partial charge on any atom is 0.254 e. The Morgan fingerprint density at radius 2 is 1.59 bits per heavy atom. The van der Waals surface area contributed by atoms with Crippen LogP contribution in [0.3, 0.4) is 0 Å². The van der Waals surface area contributed by atoms with Crippen molar-refractivity contribution in [3.05, 3.63) is 119 Å². The Morgan fingerprint density at radius 3 is 2.23 bits per heavy atom. The number of aryl methyl sites for hydroxylation is 2. The highest BCUT2D eigenvalue weighted by atomic mass is 32.1. The molecule has 7 heterocycles. The first-order valence-corrected chi connectivity index (χ1v) is 30.0. The second-order valence-corrected chi connectivity index (χ2v) is 23.0. The van der Waals surface area contributed by atoms with Gasteiger partial charge < -0.3 is 54.9 Å². The van der Waals surface area contributed by atoms with Gasteiger partial charge in [0.05, 0.1) is 116 Å². The number of imidazole rings is 1. The number of carbonyl (C=O) groups is 5. The highest BCUT2D eigenvalue weighted by Gasteiger charge is 2.44. The van der Waals surface area contributed by atoms with Crippen molar-refractivity contribution in [1.29, 1.82) is 0 Å². The number of rotatable bonds is 28. The molecule has 5 aromatic heterocycles. The fraction of sp³-hybridized carbons (Fsp3) is 0.467. The Kier molecular flexibility index (Phi) is 20.2. The molecule has 0 spiro atoms. The standard InChI is InChI=1S/C60H73FN14O10S/c1-36(2)54(51-25-37(3)71-85-51)60(81)75-32-44(76)27-49(75)58(79)70-47(39-7-9-41(10-8-39)55-38(4)65-35-86-55)28-52(77)62-13-19-82-21-23-84-24-22-83-20-14-63-53(78)34-72-15-17-73(18-16-72)59(80)42-11-12-46(45(61)26-42)68-56-57-64-31-50(43-29-66-67-30-43)74(57)33-48(69-56)40-5-6-40/h7-12,25-26,29-31,33,35-36,40,44,47,49,54,76H,5-6,13-24,27-28,32,34H2,1-4H3,(H,62,77)(H,63,78)(H,66,67)(H,68,69)(H,70,79)/t44-,47+,49+,54-/m1/s1. The molecule has 5 amide bonds. The third kappa shape index (κ3) is 15.3. The molecule has 26 heteroatoms. The van der Waals surface area contributed by atoms with Crippen molar-refractivity contribution >= 4 is 58.0 Å². The number of β-amino-alcohol motifs (C(OH)–C–C–N with tert-alkyl or cyclic N) is 1. The number of likely N-dealkylation sites (tertiary alicyclic amines) is 1. The van der Waals surface area contributed by atoms with Crippen LogP contribution in [0, 0.1) is 25.6 Å². The molecule has 2 aromatic carbocycles. The van der Waals surface area contributed by atoms with Crippen molar-refractivity contribution < 1.29 is 52.2 Å². The molecule has 24 nitrogen and oxygen atoms in total. The number of halogens is 1. The van der Waals surface area contributed by atoms with Crippen molar-refractivity contribution in [2.45, 2.75) is 83.4 Å². The number of H-pyrrole nitrogens is 1. The van der Waals surface area contributed by atoms with Crippen LogP contribution in [-0.2, 0) is 33.4 Å². The van der Waals surface area contributed by atoms with Gasteiger partial charge in [0.25, 0.3) is 5.91 Å². The van der Waals surface area contributed by atoms with Crippen LogP contribution in [-0.4, -0.2) is 188 Å². The summed E-state index contributed by atoms with van der Waals surface area (Å²) in [6.07, 6.45) is 8.30. The molecule has 456 valence electrons. The summed E-state index contributed by atoms with van der Waals surface area (Å²) < 4.78 is 40.0. The number of amides is 5. The highest BCUT2D eigenvalue weighted by Crippen LogP contribution is 2.41. The number of anilines is 2. The second kappa shape index (κ2) is 28.5. The number of nitrogens with zero attached hydrogens (tertiary/aromatic N) is 9.